The second-order valence-corrected chi connectivity index (χ2v) is 6.60. The van der Waals surface area contributed by atoms with E-state index in [4.69, 9.17) is 5.73 Å². The number of nitrogens with zero attached hydrogens (tertiary/aromatic N) is 6. The summed E-state index contributed by atoms with van der Waals surface area (Å²) < 4.78 is 0. The lowest BCUT2D eigenvalue weighted by Crippen LogP contribution is -2.35. The molecule has 4 heterocycles. The molecule has 0 unspecified atom stereocenters. The summed E-state index contributed by atoms with van der Waals surface area (Å²) in [6.07, 6.45) is 7.29. The number of anilines is 2. The van der Waals surface area contributed by atoms with Crippen LogP contribution in [0.4, 0.5) is 11.8 Å². The van der Waals surface area contributed by atoms with Crippen LogP contribution in [-0.2, 0) is 0 Å². The number of aromatic nitrogens is 5. The molecule has 0 spiro atoms. The third-order valence-electron chi connectivity index (χ3n) is 4.96. The third kappa shape index (κ3) is 3.26. The van der Waals surface area contributed by atoms with Gasteiger partial charge >= 0.3 is 0 Å². The van der Waals surface area contributed by atoms with E-state index in [9.17, 15) is 4.79 Å². The summed E-state index contributed by atoms with van der Waals surface area (Å²) >= 11 is 0. The first kappa shape index (κ1) is 15.8. The van der Waals surface area contributed by atoms with Crippen LogP contribution < -0.4 is 10.6 Å². The van der Waals surface area contributed by atoms with Crippen LogP contribution in [-0.4, -0.2) is 62.1 Å². The van der Waals surface area contributed by atoms with Crippen molar-refractivity contribution in [1.82, 2.24) is 30.0 Å². The molecule has 0 radical (unpaired) electrons. The van der Waals surface area contributed by atoms with E-state index in [1.807, 2.05) is 4.90 Å². The van der Waals surface area contributed by atoms with Gasteiger partial charge in [0.2, 0.25) is 5.95 Å². The van der Waals surface area contributed by atoms with Crippen LogP contribution in [0.2, 0.25) is 0 Å². The quantitative estimate of drug-likeness (QED) is 0.847. The number of rotatable bonds is 3. The fourth-order valence-corrected chi connectivity index (χ4v) is 3.55. The Bertz CT molecular complexity index is 746. The Morgan fingerprint density at radius 3 is 2.56 bits per heavy atom. The van der Waals surface area contributed by atoms with Crippen molar-refractivity contribution < 1.29 is 4.79 Å². The normalized spacial score (nSPS) is 18.7. The molecule has 2 saturated heterocycles. The average molecular weight is 342 g/mol. The van der Waals surface area contributed by atoms with E-state index in [0.717, 1.165) is 63.5 Å². The summed E-state index contributed by atoms with van der Waals surface area (Å²) in [5.41, 5.74) is 6.02. The van der Waals surface area contributed by atoms with E-state index in [1.54, 1.807) is 12.4 Å². The van der Waals surface area contributed by atoms with Crippen LogP contribution in [0.5, 0.6) is 0 Å². The van der Waals surface area contributed by atoms with Crippen LogP contribution in [0.25, 0.3) is 0 Å². The lowest BCUT2D eigenvalue weighted by atomic mass is 9.96. The van der Waals surface area contributed by atoms with Gasteiger partial charge in [-0.05, 0) is 25.7 Å². The van der Waals surface area contributed by atoms with Crippen molar-refractivity contribution in [2.24, 2.45) is 0 Å². The second kappa shape index (κ2) is 6.66. The van der Waals surface area contributed by atoms with Crippen LogP contribution in [0.15, 0.2) is 12.4 Å². The molecule has 0 atom stereocenters. The number of hydrogen-bond acceptors (Lipinski definition) is 7. The van der Waals surface area contributed by atoms with E-state index in [-0.39, 0.29) is 11.9 Å². The van der Waals surface area contributed by atoms with Gasteiger partial charge in [-0.25, -0.2) is 4.98 Å². The molecule has 0 aromatic carbocycles. The predicted octanol–water partition coefficient (Wildman–Crippen LogP) is 0.797. The fraction of sp³-hybridized carbons (Fsp3) is 0.562. The molecule has 1 amide bonds. The number of H-pyrrole nitrogens is 1. The number of piperidine rings is 1. The second-order valence-electron chi connectivity index (χ2n) is 6.60. The highest BCUT2D eigenvalue weighted by atomic mass is 16.2. The highest BCUT2D eigenvalue weighted by Gasteiger charge is 2.26. The minimum atomic E-state index is -0.0149. The number of nitrogen functional groups attached to an aromatic ring is 1. The topological polar surface area (TPSA) is 117 Å². The van der Waals surface area contributed by atoms with Gasteiger partial charge < -0.3 is 15.5 Å². The van der Waals surface area contributed by atoms with Gasteiger partial charge in [0.05, 0.1) is 12.4 Å². The molecule has 132 valence electrons. The number of aromatic amines is 1. The number of likely N-dealkylation sites (tertiary alicyclic amines) is 1. The van der Waals surface area contributed by atoms with Gasteiger partial charge in [0, 0.05) is 32.1 Å². The molecule has 3 N–H and O–H groups in total. The summed E-state index contributed by atoms with van der Waals surface area (Å²) in [6.45, 7) is 3.30. The van der Waals surface area contributed by atoms with Gasteiger partial charge in [0.15, 0.2) is 0 Å². The summed E-state index contributed by atoms with van der Waals surface area (Å²) in [6, 6.07) is 0. The molecule has 4 rings (SSSR count). The zero-order valence-corrected chi connectivity index (χ0v) is 14.1. The van der Waals surface area contributed by atoms with Gasteiger partial charge in [-0.2, -0.15) is 4.98 Å². The Morgan fingerprint density at radius 1 is 1.12 bits per heavy atom. The predicted molar refractivity (Wildman–Crippen MR) is 92.2 cm³/mol. The van der Waals surface area contributed by atoms with Gasteiger partial charge in [-0.15, -0.1) is 5.10 Å². The zero-order chi connectivity index (χ0) is 17.2. The molecular weight excluding hydrogens is 320 g/mol. The molecule has 2 aromatic heterocycles. The Balaban J connectivity index is 1.42. The zero-order valence-electron chi connectivity index (χ0n) is 14.1. The number of hydrogen-bond donors (Lipinski definition) is 2. The minimum absolute atomic E-state index is 0.0149. The number of nitrogens with two attached hydrogens (primary N) is 1. The third-order valence-corrected chi connectivity index (χ3v) is 4.96. The first-order valence-electron chi connectivity index (χ1n) is 8.75. The van der Waals surface area contributed by atoms with Crippen molar-refractivity contribution in [3.63, 3.8) is 0 Å². The largest absolute Gasteiger partial charge is 0.367 e. The van der Waals surface area contributed by atoms with Crippen molar-refractivity contribution >= 4 is 17.7 Å². The van der Waals surface area contributed by atoms with E-state index in [0.29, 0.717) is 11.6 Å². The smallest absolute Gasteiger partial charge is 0.274 e. The maximum atomic E-state index is 12.5. The fourth-order valence-electron chi connectivity index (χ4n) is 3.55. The van der Waals surface area contributed by atoms with Crippen molar-refractivity contribution in [3.05, 3.63) is 23.9 Å². The van der Waals surface area contributed by atoms with Crippen molar-refractivity contribution in [1.29, 1.82) is 0 Å². The highest BCUT2D eigenvalue weighted by molar-refractivity contribution is 5.92. The molecule has 0 bridgehead atoms. The first-order valence-corrected chi connectivity index (χ1v) is 8.75. The summed E-state index contributed by atoms with van der Waals surface area (Å²) in [4.78, 5) is 29.5. The van der Waals surface area contributed by atoms with Crippen LogP contribution >= 0.6 is 0 Å². The number of amides is 1. The SMILES string of the molecule is Nc1n[nH]c(C2CCN(c3cncc(C(=O)N4CCCC4)n3)CC2)n1. The maximum absolute atomic E-state index is 12.5. The summed E-state index contributed by atoms with van der Waals surface area (Å²) in [5, 5.41) is 6.80. The maximum Gasteiger partial charge on any atom is 0.274 e. The van der Waals surface area contributed by atoms with E-state index < -0.39 is 0 Å². The van der Waals surface area contributed by atoms with E-state index in [1.165, 1.54) is 0 Å². The van der Waals surface area contributed by atoms with Crippen molar-refractivity contribution in [2.75, 3.05) is 36.8 Å². The molecule has 0 aliphatic carbocycles. The number of nitrogens with one attached hydrogen (secondary N) is 1. The molecule has 25 heavy (non-hydrogen) atoms. The summed E-state index contributed by atoms with van der Waals surface area (Å²) in [7, 11) is 0. The summed E-state index contributed by atoms with van der Waals surface area (Å²) in [5.74, 6) is 2.21. The lowest BCUT2D eigenvalue weighted by molar-refractivity contribution is 0.0786. The van der Waals surface area contributed by atoms with Gasteiger partial charge in [-0.1, -0.05) is 0 Å². The molecule has 9 heteroatoms. The molecule has 2 fully saturated rings. The Morgan fingerprint density at radius 2 is 1.88 bits per heavy atom. The van der Waals surface area contributed by atoms with Crippen molar-refractivity contribution in [2.45, 2.75) is 31.6 Å². The monoisotopic (exact) mass is 342 g/mol. The molecule has 0 saturated carbocycles. The lowest BCUT2D eigenvalue weighted by Gasteiger charge is -2.31. The Labute approximate surface area is 145 Å². The Hall–Kier alpha value is -2.71. The van der Waals surface area contributed by atoms with Gasteiger partial charge in [0.25, 0.3) is 5.91 Å². The number of carbonyl (C=O) groups excluding carboxylic acids is 1. The van der Waals surface area contributed by atoms with E-state index in [2.05, 4.69) is 30.0 Å². The Kier molecular flexibility index (Phi) is 4.21. The molecule has 2 aromatic rings. The molecule has 2 aliphatic heterocycles. The van der Waals surface area contributed by atoms with Crippen molar-refractivity contribution in [3.8, 4) is 0 Å². The average Bonchev–Trinajstić information content (AvgIpc) is 3.33. The van der Waals surface area contributed by atoms with Crippen LogP contribution in [0.1, 0.15) is 47.9 Å². The van der Waals surface area contributed by atoms with Crippen LogP contribution in [0.3, 0.4) is 0 Å². The molecular formula is C16H22N8O. The van der Waals surface area contributed by atoms with Crippen LogP contribution in [0, 0.1) is 0 Å². The number of carbonyl (C=O) groups is 1. The highest BCUT2D eigenvalue weighted by Crippen LogP contribution is 2.28. The van der Waals surface area contributed by atoms with Gasteiger partial charge in [-0.3, -0.25) is 14.9 Å². The standard InChI is InChI=1S/C16H22N8O/c17-16-20-14(21-22-16)11-3-7-23(8-4-11)13-10-18-9-12(19-13)15(25)24-5-1-2-6-24/h9-11H,1-8H2,(H3,17,20,21,22). The van der Waals surface area contributed by atoms with E-state index >= 15 is 0 Å². The first-order chi connectivity index (χ1) is 12.2. The minimum Gasteiger partial charge on any atom is -0.367 e. The molecule has 9 nitrogen and oxygen atoms in total. The molecule has 2 aliphatic rings. The van der Waals surface area contributed by atoms with Gasteiger partial charge in [0.1, 0.15) is 17.3 Å².